The number of fused-ring (bicyclic) bond motifs is 1. The van der Waals surface area contributed by atoms with E-state index in [9.17, 15) is 0 Å². The van der Waals surface area contributed by atoms with Crippen LogP contribution in [0.5, 0.6) is 11.5 Å². The fourth-order valence-corrected chi connectivity index (χ4v) is 3.93. The molecule has 0 radical (unpaired) electrons. The number of thioether (sulfide) groups is 1. The molecule has 3 rings (SSSR count). The molecule has 0 bridgehead atoms. The smallest absolute Gasteiger partial charge is 0.231 e. The van der Waals surface area contributed by atoms with E-state index < -0.39 is 0 Å². The summed E-state index contributed by atoms with van der Waals surface area (Å²) in [5, 5.41) is 0.609. The van der Waals surface area contributed by atoms with Crippen molar-refractivity contribution >= 4 is 23.4 Å². The predicted molar refractivity (Wildman–Crippen MR) is 82.9 cm³/mol. The molecule has 1 aromatic carbocycles. The average Bonchev–Trinajstić information content (AvgIpc) is 2.76. The first-order valence-corrected chi connectivity index (χ1v) is 8.44. The van der Waals surface area contributed by atoms with Crippen molar-refractivity contribution in [3.05, 3.63) is 22.7 Å². The van der Waals surface area contributed by atoms with E-state index >= 15 is 0 Å². The first kappa shape index (κ1) is 14.3. The van der Waals surface area contributed by atoms with Crippen LogP contribution in [0.4, 0.5) is 0 Å². The number of hydrogen-bond acceptors (Lipinski definition) is 5. The van der Waals surface area contributed by atoms with Crippen molar-refractivity contribution in [3.8, 4) is 11.5 Å². The second-order valence-corrected chi connectivity index (χ2v) is 6.62. The maximum atomic E-state index is 6.28. The highest BCUT2D eigenvalue weighted by atomic mass is 35.5. The topological polar surface area (TPSA) is 47.7 Å². The fraction of sp³-hybridized carbons (Fsp3) is 0.571. The molecule has 0 amide bonds. The summed E-state index contributed by atoms with van der Waals surface area (Å²) in [7, 11) is 0. The van der Waals surface area contributed by atoms with Crippen LogP contribution in [0.3, 0.4) is 0 Å². The zero-order valence-corrected chi connectivity index (χ0v) is 12.9. The molecule has 2 aliphatic heterocycles. The molecule has 0 saturated carbocycles. The Morgan fingerprint density at radius 3 is 3.05 bits per heavy atom. The van der Waals surface area contributed by atoms with Gasteiger partial charge in [-0.05, 0) is 36.4 Å². The largest absolute Gasteiger partial charge is 0.454 e. The first-order chi connectivity index (χ1) is 9.79. The number of halogens is 1. The van der Waals surface area contributed by atoms with E-state index in [2.05, 4.69) is 4.90 Å². The molecule has 20 heavy (non-hydrogen) atoms. The van der Waals surface area contributed by atoms with Gasteiger partial charge in [-0.15, -0.1) is 0 Å². The lowest BCUT2D eigenvalue weighted by molar-refractivity contribution is 0.173. The van der Waals surface area contributed by atoms with Gasteiger partial charge in [-0.25, -0.2) is 0 Å². The molecule has 4 nitrogen and oxygen atoms in total. The van der Waals surface area contributed by atoms with Crippen molar-refractivity contribution in [3.63, 3.8) is 0 Å². The normalized spacial score (nSPS) is 20.7. The lowest BCUT2D eigenvalue weighted by atomic mass is 10.0. The Morgan fingerprint density at radius 2 is 2.20 bits per heavy atom. The molecule has 110 valence electrons. The van der Waals surface area contributed by atoms with E-state index in [4.69, 9.17) is 26.8 Å². The third-order valence-corrected chi connectivity index (χ3v) is 5.08. The summed E-state index contributed by atoms with van der Waals surface area (Å²) < 4.78 is 10.8. The van der Waals surface area contributed by atoms with Gasteiger partial charge < -0.3 is 15.2 Å². The second kappa shape index (κ2) is 6.43. The monoisotopic (exact) mass is 314 g/mol. The SMILES string of the molecule is NCC(c1cc(Cl)c2c(c1)OCO2)N1CCCSCC1. The van der Waals surface area contributed by atoms with Crippen molar-refractivity contribution in [2.75, 3.05) is 37.9 Å². The molecular formula is C14H19ClN2O2S. The molecule has 0 spiro atoms. The minimum absolute atomic E-state index is 0.195. The van der Waals surface area contributed by atoms with Gasteiger partial charge in [-0.3, -0.25) is 4.90 Å². The van der Waals surface area contributed by atoms with Gasteiger partial charge in [0.25, 0.3) is 0 Å². The summed E-state index contributed by atoms with van der Waals surface area (Å²) in [4.78, 5) is 2.45. The molecule has 2 N–H and O–H groups in total. The standard InChI is InChI=1S/C14H19ClN2O2S/c15-11-6-10(7-13-14(11)19-9-18-13)12(8-16)17-2-1-4-20-5-3-17/h6-7,12H,1-5,8-9,16H2. The molecule has 1 saturated heterocycles. The Hall–Kier alpha value is -0.620. The third-order valence-electron chi connectivity index (χ3n) is 3.76. The van der Waals surface area contributed by atoms with Crippen LogP contribution in [0, 0.1) is 0 Å². The van der Waals surface area contributed by atoms with E-state index in [1.54, 1.807) is 0 Å². The van der Waals surface area contributed by atoms with Crippen LogP contribution in [0.25, 0.3) is 0 Å². The maximum Gasteiger partial charge on any atom is 0.231 e. The maximum absolute atomic E-state index is 6.28. The van der Waals surface area contributed by atoms with Crippen LogP contribution in [-0.4, -0.2) is 42.8 Å². The highest BCUT2D eigenvalue weighted by Crippen LogP contribution is 2.41. The molecule has 6 heteroatoms. The number of rotatable bonds is 3. The highest BCUT2D eigenvalue weighted by molar-refractivity contribution is 7.99. The van der Waals surface area contributed by atoms with E-state index in [0.29, 0.717) is 17.3 Å². The fourth-order valence-electron chi connectivity index (χ4n) is 2.75. The predicted octanol–water partition coefficient (Wildman–Crippen LogP) is 2.51. The molecule has 2 heterocycles. The second-order valence-electron chi connectivity index (χ2n) is 4.99. The molecule has 1 unspecified atom stereocenters. The lowest BCUT2D eigenvalue weighted by Gasteiger charge is -2.30. The van der Waals surface area contributed by atoms with Crippen molar-refractivity contribution in [2.45, 2.75) is 12.5 Å². The summed E-state index contributed by atoms with van der Waals surface area (Å²) in [6.45, 7) is 2.98. The number of hydrogen-bond donors (Lipinski definition) is 1. The minimum atomic E-state index is 0.195. The Balaban J connectivity index is 1.87. The molecule has 2 aliphatic rings. The summed E-state index contributed by atoms with van der Waals surface area (Å²) >= 11 is 8.29. The van der Waals surface area contributed by atoms with Crippen molar-refractivity contribution in [2.24, 2.45) is 5.73 Å². The Bertz CT molecular complexity index is 478. The molecule has 1 fully saturated rings. The minimum Gasteiger partial charge on any atom is -0.454 e. The van der Waals surface area contributed by atoms with Gasteiger partial charge >= 0.3 is 0 Å². The molecule has 0 aromatic heterocycles. The Labute approximate surface area is 128 Å². The van der Waals surface area contributed by atoms with Crippen molar-refractivity contribution in [1.82, 2.24) is 4.90 Å². The van der Waals surface area contributed by atoms with Gasteiger partial charge in [0, 0.05) is 24.9 Å². The van der Waals surface area contributed by atoms with Gasteiger partial charge in [-0.2, -0.15) is 11.8 Å². The van der Waals surface area contributed by atoms with Crippen LogP contribution in [0.1, 0.15) is 18.0 Å². The Morgan fingerprint density at radius 1 is 1.30 bits per heavy atom. The third kappa shape index (κ3) is 2.86. The molecule has 1 aromatic rings. The van der Waals surface area contributed by atoms with Crippen LogP contribution in [-0.2, 0) is 0 Å². The van der Waals surface area contributed by atoms with Gasteiger partial charge in [0.15, 0.2) is 11.5 Å². The van der Waals surface area contributed by atoms with Crippen LogP contribution in [0.15, 0.2) is 12.1 Å². The Kier molecular flexibility index (Phi) is 4.61. The van der Waals surface area contributed by atoms with E-state index in [1.165, 1.54) is 12.2 Å². The number of ether oxygens (including phenoxy) is 2. The van der Waals surface area contributed by atoms with Crippen LogP contribution < -0.4 is 15.2 Å². The van der Waals surface area contributed by atoms with E-state index in [0.717, 1.165) is 30.2 Å². The van der Waals surface area contributed by atoms with Gasteiger partial charge in [-0.1, -0.05) is 11.6 Å². The molecular weight excluding hydrogens is 296 g/mol. The zero-order chi connectivity index (χ0) is 13.9. The average molecular weight is 315 g/mol. The summed E-state index contributed by atoms with van der Waals surface area (Å²) in [5.74, 6) is 3.78. The number of benzene rings is 1. The summed E-state index contributed by atoms with van der Waals surface area (Å²) in [6.07, 6.45) is 1.21. The van der Waals surface area contributed by atoms with E-state index in [-0.39, 0.29) is 12.8 Å². The van der Waals surface area contributed by atoms with Gasteiger partial charge in [0.05, 0.1) is 5.02 Å². The number of nitrogens with zero attached hydrogens (tertiary/aromatic N) is 1. The van der Waals surface area contributed by atoms with Gasteiger partial charge in [0.2, 0.25) is 6.79 Å². The zero-order valence-electron chi connectivity index (χ0n) is 11.3. The van der Waals surface area contributed by atoms with E-state index in [1.807, 2.05) is 23.9 Å². The summed E-state index contributed by atoms with van der Waals surface area (Å²) in [6, 6.07) is 4.18. The summed E-state index contributed by atoms with van der Waals surface area (Å²) in [5.41, 5.74) is 7.14. The lowest BCUT2D eigenvalue weighted by Crippen LogP contribution is -2.35. The van der Waals surface area contributed by atoms with Crippen LogP contribution >= 0.6 is 23.4 Å². The van der Waals surface area contributed by atoms with Crippen molar-refractivity contribution in [1.29, 1.82) is 0 Å². The highest BCUT2D eigenvalue weighted by Gasteiger charge is 2.25. The van der Waals surface area contributed by atoms with Gasteiger partial charge in [0.1, 0.15) is 0 Å². The number of nitrogens with two attached hydrogens (primary N) is 1. The van der Waals surface area contributed by atoms with Crippen LogP contribution in [0.2, 0.25) is 5.02 Å². The quantitative estimate of drug-likeness (QED) is 0.929. The van der Waals surface area contributed by atoms with Crippen molar-refractivity contribution < 1.29 is 9.47 Å². The first-order valence-electron chi connectivity index (χ1n) is 6.90. The molecule has 1 atom stereocenters. The molecule has 0 aliphatic carbocycles.